The van der Waals surface area contributed by atoms with Crippen molar-refractivity contribution in [3.63, 3.8) is 0 Å². The highest BCUT2D eigenvalue weighted by molar-refractivity contribution is 7.80. The Morgan fingerprint density at radius 1 is 1.20 bits per heavy atom. The quantitative estimate of drug-likeness (QED) is 0.418. The lowest BCUT2D eigenvalue weighted by atomic mass is 10.1. The molecule has 5 nitrogen and oxygen atoms in total. The van der Waals surface area contributed by atoms with Crippen LogP contribution in [0.15, 0.2) is 70.3 Å². The van der Waals surface area contributed by atoms with Crippen LogP contribution < -0.4 is 10.7 Å². The number of hydrogen-bond acceptors (Lipinski definition) is 4. The van der Waals surface area contributed by atoms with Gasteiger partial charge in [-0.3, -0.25) is 10.4 Å². The predicted molar refractivity (Wildman–Crippen MR) is 103 cm³/mol. The molecule has 0 aliphatic carbocycles. The second-order valence-corrected chi connectivity index (χ2v) is 5.85. The van der Waals surface area contributed by atoms with E-state index in [1.54, 1.807) is 12.4 Å². The lowest BCUT2D eigenvalue weighted by Gasteiger charge is -2.05. The number of hydrogen-bond donors (Lipinski definition) is 2. The van der Waals surface area contributed by atoms with E-state index in [9.17, 15) is 0 Å². The minimum absolute atomic E-state index is 0.423. The third kappa shape index (κ3) is 4.99. The van der Waals surface area contributed by atoms with E-state index in [2.05, 4.69) is 39.9 Å². The number of aryl methyl sites for hydroxylation is 1. The molecule has 0 radical (unpaired) electrons. The van der Waals surface area contributed by atoms with E-state index < -0.39 is 0 Å². The van der Waals surface area contributed by atoms with Gasteiger partial charge in [-0.2, -0.15) is 5.10 Å². The summed E-state index contributed by atoms with van der Waals surface area (Å²) in [6, 6.07) is 17.7. The van der Waals surface area contributed by atoms with Crippen molar-refractivity contribution in [2.75, 3.05) is 0 Å². The second kappa shape index (κ2) is 8.21. The average molecular weight is 350 g/mol. The van der Waals surface area contributed by atoms with Gasteiger partial charge in [0.1, 0.15) is 11.5 Å². The van der Waals surface area contributed by atoms with Crippen molar-refractivity contribution in [3.05, 3.63) is 77.8 Å². The number of benzene rings is 1. The Labute approximate surface area is 151 Å². The Morgan fingerprint density at radius 2 is 2.12 bits per heavy atom. The summed E-state index contributed by atoms with van der Waals surface area (Å²) in [5.74, 6) is 1.46. The van der Waals surface area contributed by atoms with E-state index in [1.165, 1.54) is 5.56 Å². The third-order valence-corrected chi connectivity index (χ3v) is 3.68. The first-order valence-electron chi connectivity index (χ1n) is 7.84. The van der Waals surface area contributed by atoms with Crippen LogP contribution in [0.4, 0.5) is 0 Å². The van der Waals surface area contributed by atoms with Gasteiger partial charge in [0.25, 0.3) is 0 Å². The normalized spacial score (nSPS) is 10.8. The molecule has 2 aromatic heterocycles. The fraction of sp³-hybridized carbons (Fsp3) is 0.105. The Balaban J connectivity index is 1.51. The van der Waals surface area contributed by atoms with Crippen LogP contribution in [0.3, 0.4) is 0 Å². The Kier molecular flexibility index (Phi) is 5.53. The van der Waals surface area contributed by atoms with E-state index in [-0.39, 0.29) is 0 Å². The van der Waals surface area contributed by atoms with Gasteiger partial charge in [0.05, 0.1) is 18.5 Å². The molecule has 25 heavy (non-hydrogen) atoms. The van der Waals surface area contributed by atoms with Crippen LogP contribution in [0.25, 0.3) is 11.3 Å². The molecule has 0 saturated carbocycles. The Morgan fingerprint density at radius 3 is 2.92 bits per heavy atom. The highest BCUT2D eigenvalue weighted by Gasteiger charge is 2.03. The number of furan rings is 1. The smallest absolute Gasteiger partial charge is 0.187 e. The Bertz CT molecular complexity index is 874. The van der Waals surface area contributed by atoms with Gasteiger partial charge in [-0.25, -0.2) is 0 Å². The summed E-state index contributed by atoms with van der Waals surface area (Å²) in [5, 5.41) is 7.54. The average Bonchev–Trinajstić information content (AvgIpc) is 3.10. The van der Waals surface area contributed by atoms with Crippen molar-refractivity contribution < 1.29 is 4.42 Å². The first kappa shape index (κ1) is 16.9. The van der Waals surface area contributed by atoms with Crippen LogP contribution in [0.2, 0.25) is 0 Å². The fourth-order valence-electron chi connectivity index (χ4n) is 2.24. The van der Waals surface area contributed by atoms with E-state index in [0.29, 0.717) is 17.4 Å². The molecule has 126 valence electrons. The topological polar surface area (TPSA) is 62.5 Å². The summed E-state index contributed by atoms with van der Waals surface area (Å²) < 4.78 is 5.77. The van der Waals surface area contributed by atoms with E-state index >= 15 is 0 Å². The monoisotopic (exact) mass is 350 g/mol. The summed E-state index contributed by atoms with van der Waals surface area (Å²) >= 11 is 5.17. The Hall–Kier alpha value is -2.99. The molecular weight excluding hydrogens is 332 g/mol. The van der Waals surface area contributed by atoms with Crippen molar-refractivity contribution in [3.8, 4) is 11.3 Å². The number of pyridine rings is 1. The van der Waals surface area contributed by atoms with Crippen molar-refractivity contribution >= 4 is 23.5 Å². The van der Waals surface area contributed by atoms with Gasteiger partial charge >= 0.3 is 0 Å². The molecule has 2 N–H and O–H groups in total. The van der Waals surface area contributed by atoms with Gasteiger partial charge in [0.2, 0.25) is 0 Å². The van der Waals surface area contributed by atoms with Gasteiger partial charge < -0.3 is 9.73 Å². The number of rotatable bonds is 5. The van der Waals surface area contributed by atoms with Crippen LogP contribution in [0, 0.1) is 6.92 Å². The van der Waals surface area contributed by atoms with Crippen molar-refractivity contribution in [1.82, 2.24) is 15.7 Å². The molecule has 1 aromatic carbocycles. The van der Waals surface area contributed by atoms with Gasteiger partial charge in [0, 0.05) is 11.8 Å². The lowest BCUT2D eigenvalue weighted by Crippen LogP contribution is -2.31. The molecule has 0 amide bonds. The van der Waals surface area contributed by atoms with Crippen LogP contribution in [-0.2, 0) is 6.54 Å². The SMILES string of the molecule is Cc1cccc(-c2ccc(C=NNC(=S)NCc3ccccn3)o2)c1. The molecule has 0 saturated heterocycles. The summed E-state index contributed by atoms with van der Waals surface area (Å²) in [5.41, 5.74) is 5.90. The summed E-state index contributed by atoms with van der Waals surface area (Å²) in [7, 11) is 0. The maximum Gasteiger partial charge on any atom is 0.187 e. The number of aromatic nitrogens is 1. The van der Waals surface area contributed by atoms with E-state index in [4.69, 9.17) is 16.6 Å². The lowest BCUT2D eigenvalue weighted by molar-refractivity contribution is 0.574. The zero-order valence-corrected chi connectivity index (χ0v) is 14.6. The molecule has 0 bridgehead atoms. The first-order chi connectivity index (χ1) is 12.2. The molecule has 0 unspecified atom stereocenters. The molecule has 0 spiro atoms. The van der Waals surface area contributed by atoms with Gasteiger partial charge in [-0.05, 0) is 49.5 Å². The predicted octanol–water partition coefficient (Wildman–Crippen LogP) is 3.65. The first-order valence-corrected chi connectivity index (χ1v) is 8.25. The van der Waals surface area contributed by atoms with Crippen molar-refractivity contribution in [2.24, 2.45) is 5.10 Å². The van der Waals surface area contributed by atoms with Crippen LogP contribution in [0.5, 0.6) is 0 Å². The molecule has 6 heteroatoms. The van der Waals surface area contributed by atoms with Gasteiger partial charge in [0.15, 0.2) is 5.11 Å². The zero-order chi connectivity index (χ0) is 17.5. The molecule has 0 atom stereocenters. The number of nitrogens with zero attached hydrogens (tertiary/aromatic N) is 2. The standard InChI is InChI=1S/C19H18N4OS/c1-14-5-4-6-15(11-14)18-9-8-17(24-18)13-22-23-19(25)21-12-16-7-2-3-10-20-16/h2-11,13H,12H2,1H3,(H2,21,23,25). The van der Waals surface area contributed by atoms with Crippen LogP contribution in [-0.4, -0.2) is 16.3 Å². The summed E-state index contributed by atoms with van der Waals surface area (Å²) in [6.45, 7) is 2.60. The maximum atomic E-state index is 5.77. The highest BCUT2D eigenvalue weighted by atomic mass is 32.1. The van der Waals surface area contributed by atoms with Crippen molar-refractivity contribution in [2.45, 2.75) is 13.5 Å². The van der Waals surface area contributed by atoms with E-state index in [1.807, 2.05) is 42.5 Å². The largest absolute Gasteiger partial charge is 0.455 e. The maximum absolute atomic E-state index is 5.77. The second-order valence-electron chi connectivity index (χ2n) is 5.45. The van der Waals surface area contributed by atoms with Gasteiger partial charge in [-0.15, -0.1) is 0 Å². The van der Waals surface area contributed by atoms with Gasteiger partial charge in [-0.1, -0.05) is 29.8 Å². The number of thiocarbonyl (C=S) groups is 1. The highest BCUT2D eigenvalue weighted by Crippen LogP contribution is 2.22. The molecule has 2 heterocycles. The molecular formula is C19H18N4OS. The molecule has 0 aliphatic heterocycles. The fourth-order valence-corrected chi connectivity index (χ4v) is 2.37. The summed E-state index contributed by atoms with van der Waals surface area (Å²) in [4.78, 5) is 4.21. The zero-order valence-electron chi connectivity index (χ0n) is 13.8. The minimum Gasteiger partial charge on any atom is -0.455 e. The van der Waals surface area contributed by atoms with E-state index in [0.717, 1.165) is 17.0 Å². The molecule has 3 rings (SSSR count). The number of hydrazone groups is 1. The van der Waals surface area contributed by atoms with Crippen LogP contribution in [0.1, 0.15) is 17.0 Å². The molecule has 3 aromatic rings. The summed E-state index contributed by atoms with van der Waals surface area (Å²) in [6.07, 6.45) is 3.34. The number of nitrogens with one attached hydrogen (secondary N) is 2. The third-order valence-electron chi connectivity index (χ3n) is 3.44. The van der Waals surface area contributed by atoms with Crippen molar-refractivity contribution in [1.29, 1.82) is 0 Å². The minimum atomic E-state index is 0.423. The van der Waals surface area contributed by atoms with Crippen LogP contribution >= 0.6 is 12.2 Å². The molecule has 0 fully saturated rings. The molecule has 0 aliphatic rings.